The third-order valence-corrected chi connectivity index (χ3v) is 5.64. The predicted molar refractivity (Wildman–Crippen MR) is 112 cm³/mol. The molecule has 28 heavy (non-hydrogen) atoms. The van der Waals surface area contributed by atoms with E-state index in [0.717, 1.165) is 27.1 Å². The van der Waals surface area contributed by atoms with Crippen molar-refractivity contribution in [2.24, 2.45) is 5.73 Å². The molecule has 4 rings (SSSR count). The van der Waals surface area contributed by atoms with Crippen LogP contribution in [0, 0.1) is 6.92 Å². The van der Waals surface area contributed by atoms with Crippen LogP contribution < -0.4 is 16.4 Å². The molecule has 8 nitrogen and oxygen atoms in total. The van der Waals surface area contributed by atoms with Gasteiger partial charge in [-0.25, -0.2) is 19.9 Å². The molecule has 0 amide bonds. The minimum absolute atomic E-state index is 0.374. The van der Waals surface area contributed by atoms with Crippen molar-refractivity contribution in [2.75, 3.05) is 10.6 Å². The number of nitrogens with two attached hydrogens (primary N) is 1. The molecule has 1 fully saturated rings. The summed E-state index contributed by atoms with van der Waals surface area (Å²) in [6.07, 6.45) is 11.4. The lowest BCUT2D eigenvalue weighted by molar-refractivity contribution is 0.461. The highest BCUT2D eigenvalue weighted by Gasteiger charge is 2.15. The van der Waals surface area contributed by atoms with Gasteiger partial charge in [-0.05, 0) is 25.8 Å². The van der Waals surface area contributed by atoms with Crippen molar-refractivity contribution in [3.05, 3.63) is 36.0 Å². The Labute approximate surface area is 168 Å². The molecule has 0 unspecified atom stereocenters. The maximum atomic E-state index is 5.55. The highest BCUT2D eigenvalue weighted by molar-refractivity contribution is 7.18. The Hall–Kier alpha value is -2.65. The normalized spacial score (nSPS) is 14.8. The van der Waals surface area contributed by atoms with Crippen LogP contribution in [0.25, 0.3) is 10.6 Å². The molecular weight excluding hydrogens is 372 g/mol. The molecule has 0 aliphatic heterocycles. The zero-order valence-electron chi connectivity index (χ0n) is 15.9. The average Bonchev–Trinajstić information content (AvgIpc) is 3.17. The summed E-state index contributed by atoms with van der Waals surface area (Å²) in [6.45, 7) is 2.37. The molecule has 1 aliphatic rings. The topological polar surface area (TPSA) is 115 Å². The molecule has 3 aromatic rings. The number of aromatic nitrogens is 5. The highest BCUT2D eigenvalue weighted by atomic mass is 32.1. The maximum absolute atomic E-state index is 5.55. The smallest absolute Gasteiger partial charge is 0.223 e. The highest BCUT2D eigenvalue weighted by Crippen LogP contribution is 2.30. The predicted octanol–water partition coefficient (Wildman–Crippen LogP) is 3.65. The second-order valence-electron chi connectivity index (χ2n) is 6.95. The largest absolute Gasteiger partial charge is 0.351 e. The van der Waals surface area contributed by atoms with E-state index in [1.165, 1.54) is 43.4 Å². The lowest BCUT2D eigenvalue weighted by atomic mass is 9.96. The van der Waals surface area contributed by atoms with E-state index in [1.54, 1.807) is 12.4 Å². The summed E-state index contributed by atoms with van der Waals surface area (Å²) >= 11 is 1.52. The molecule has 3 aromatic heterocycles. The Morgan fingerprint density at radius 3 is 2.68 bits per heavy atom. The first-order valence-corrected chi connectivity index (χ1v) is 10.4. The summed E-state index contributed by atoms with van der Waals surface area (Å²) in [4.78, 5) is 23.2. The minimum atomic E-state index is 0.374. The van der Waals surface area contributed by atoms with Gasteiger partial charge in [-0.3, -0.25) is 4.98 Å². The van der Waals surface area contributed by atoms with Gasteiger partial charge in [-0.1, -0.05) is 30.6 Å². The van der Waals surface area contributed by atoms with Gasteiger partial charge in [0.2, 0.25) is 5.95 Å². The van der Waals surface area contributed by atoms with Crippen molar-refractivity contribution in [1.82, 2.24) is 24.9 Å². The maximum Gasteiger partial charge on any atom is 0.223 e. The van der Waals surface area contributed by atoms with Crippen LogP contribution in [0.3, 0.4) is 0 Å². The summed E-state index contributed by atoms with van der Waals surface area (Å²) in [5.74, 6) is 1.34. The third kappa shape index (κ3) is 4.60. The number of thiazole rings is 1. The van der Waals surface area contributed by atoms with Crippen molar-refractivity contribution in [1.29, 1.82) is 0 Å². The number of hydrogen-bond acceptors (Lipinski definition) is 9. The van der Waals surface area contributed by atoms with E-state index in [4.69, 9.17) is 10.7 Å². The van der Waals surface area contributed by atoms with E-state index in [1.807, 2.05) is 19.2 Å². The second kappa shape index (κ2) is 8.57. The van der Waals surface area contributed by atoms with Crippen molar-refractivity contribution >= 4 is 28.2 Å². The molecule has 146 valence electrons. The van der Waals surface area contributed by atoms with Gasteiger partial charge in [-0.2, -0.15) is 0 Å². The SMILES string of the molecule is Cc1cc(-c2cnc(Nc3cnc(CN)cn3)s2)nc(NC2CCCCC2)n1. The van der Waals surface area contributed by atoms with E-state index in [9.17, 15) is 0 Å². The minimum Gasteiger partial charge on any atom is -0.351 e. The quantitative estimate of drug-likeness (QED) is 0.578. The molecular formula is C19H24N8S. The Balaban J connectivity index is 1.49. The number of nitrogens with zero attached hydrogens (tertiary/aromatic N) is 5. The third-order valence-electron chi connectivity index (χ3n) is 4.70. The number of rotatable bonds is 6. The summed E-state index contributed by atoms with van der Waals surface area (Å²) in [5.41, 5.74) is 8.12. The molecule has 0 bridgehead atoms. The second-order valence-corrected chi connectivity index (χ2v) is 7.98. The van der Waals surface area contributed by atoms with Gasteiger partial charge in [0.15, 0.2) is 10.9 Å². The molecule has 0 aromatic carbocycles. The Kier molecular flexibility index (Phi) is 5.73. The van der Waals surface area contributed by atoms with Gasteiger partial charge < -0.3 is 16.4 Å². The molecule has 0 atom stereocenters. The van der Waals surface area contributed by atoms with Crippen LogP contribution >= 0.6 is 11.3 Å². The monoisotopic (exact) mass is 396 g/mol. The number of anilines is 3. The molecule has 4 N–H and O–H groups in total. The van der Waals surface area contributed by atoms with Gasteiger partial charge in [0, 0.05) is 24.5 Å². The van der Waals surface area contributed by atoms with Gasteiger partial charge in [0.05, 0.1) is 28.7 Å². The summed E-state index contributed by atoms with van der Waals surface area (Å²) in [7, 11) is 0. The van der Waals surface area contributed by atoms with Gasteiger partial charge in [-0.15, -0.1) is 0 Å². The summed E-state index contributed by atoms with van der Waals surface area (Å²) in [6, 6.07) is 2.45. The van der Waals surface area contributed by atoms with Crippen LogP contribution in [0.4, 0.5) is 16.9 Å². The van der Waals surface area contributed by atoms with Gasteiger partial charge >= 0.3 is 0 Å². The average molecular weight is 397 g/mol. The van der Waals surface area contributed by atoms with Crippen LogP contribution in [-0.4, -0.2) is 31.0 Å². The van der Waals surface area contributed by atoms with Crippen molar-refractivity contribution in [2.45, 2.75) is 51.6 Å². The van der Waals surface area contributed by atoms with E-state index in [2.05, 4.69) is 30.6 Å². The van der Waals surface area contributed by atoms with Crippen molar-refractivity contribution < 1.29 is 0 Å². The molecule has 9 heteroatoms. The van der Waals surface area contributed by atoms with Crippen LogP contribution in [0.15, 0.2) is 24.7 Å². The van der Waals surface area contributed by atoms with E-state index in [-0.39, 0.29) is 0 Å². The zero-order chi connectivity index (χ0) is 19.3. The van der Waals surface area contributed by atoms with E-state index < -0.39 is 0 Å². The fourth-order valence-corrected chi connectivity index (χ4v) is 4.06. The fourth-order valence-electron chi connectivity index (χ4n) is 3.27. The summed E-state index contributed by atoms with van der Waals surface area (Å²) in [5, 5.41) is 7.42. The van der Waals surface area contributed by atoms with Gasteiger partial charge in [0.25, 0.3) is 0 Å². The number of aryl methyl sites for hydroxylation is 1. The molecule has 0 spiro atoms. The Bertz CT molecular complexity index is 918. The standard InChI is InChI=1S/C19H24N8S/c1-12-7-15(26-18(24-12)25-13-5-3-2-4-6-13)16-10-23-19(28-16)27-17-11-21-14(8-20)9-22-17/h7,9-11,13H,2-6,8,20H2,1H3,(H,22,23,27)(H,24,25,26). The molecule has 1 aliphatic carbocycles. The van der Waals surface area contributed by atoms with E-state index >= 15 is 0 Å². The lowest BCUT2D eigenvalue weighted by Crippen LogP contribution is -2.23. The number of nitrogens with one attached hydrogen (secondary N) is 2. The zero-order valence-corrected chi connectivity index (χ0v) is 16.7. The molecule has 3 heterocycles. The van der Waals surface area contributed by atoms with Gasteiger partial charge in [0.1, 0.15) is 0 Å². The first-order chi connectivity index (χ1) is 13.7. The molecule has 0 radical (unpaired) electrons. The number of hydrogen-bond donors (Lipinski definition) is 3. The van der Waals surface area contributed by atoms with Crippen LogP contribution in [0.5, 0.6) is 0 Å². The van der Waals surface area contributed by atoms with Crippen molar-refractivity contribution in [3.63, 3.8) is 0 Å². The Morgan fingerprint density at radius 2 is 1.93 bits per heavy atom. The van der Waals surface area contributed by atoms with Crippen molar-refractivity contribution in [3.8, 4) is 10.6 Å². The van der Waals surface area contributed by atoms with Crippen LogP contribution in [0.2, 0.25) is 0 Å². The lowest BCUT2D eigenvalue weighted by Gasteiger charge is -2.22. The van der Waals surface area contributed by atoms with E-state index in [0.29, 0.717) is 24.4 Å². The molecule has 1 saturated carbocycles. The fraction of sp³-hybridized carbons (Fsp3) is 0.421. The first kappa shape index (κ1) is 18.7. The summed E-state index contributed by atoms with van der Waals surface area (Å²) < 4.78 is 0. The Morgan fingerprint density at radius 1 is 1.07 bits per heavy atom. The molecule has 0 saturated heterocycles. The van der Waals surface area contributed by atoms with Crippen LogP contribution in [0.1, 0.15) is 43.5 Å². The van der Waals surface area contributed by atoms with Crippen LogP contribution in [-0.2, 0) is 6.54 Å². The first-order valence-electron chi connectivity index (χ1n) is 9.56.